The van der Waals surface area contributed by atoms with Gasteiger partial charge in [0.2, 0.25) is 5.91 Å². The molecule has 4 heteroatoms. The standard InChI is InChI=1S/C13H15NO3/c1-2-3-6-14-12(15)10-8-4-5-9(7-8)11(10)13(16)17/h4-5,8-11H,6-7H2,1H3,(H,14,15)(H,16,17)/t8?,9?,10-,11+/m0/s1. The molecule has 0 aliphatic heterocycles. The summed E-state index contributed by atoms with van der Waals surface area (Å²) >= 11 is 0. The highest BCUT2D eigenvalue weighted by Gasteiger charge is 2.51. The number of fused-ring (bicyclic) bond motifs is 2. The van der Waals surface area contributed by atoms with Crippen LogP contribution in [0.1, 0.15) is 13.3 Å². The normalized spacial score (nSPS) is 33.0. The quantitative estimate of drug-likeness (QED) is 0.555. The summed E-state index contributed by atoms with van der Waals surface area (Å²) in [5, 5.41) is 11.9. The van der Waals surface area contributed by atoms with Crippen LogP contribution in [0.4, 0.5) is 0 Å². The second kappa shape index (κ2) is 4.62. The molecule has 0 heterocycles. The van der Waals surface area contributed by atoms with E-state index in [9.17, 15) is 14.7 Å². The summed E-state index contributed by atoms with van der Waals surface area (Å²) in [6, 6.07) is 0. The molecule has 2 bridgehead atoms. The van der Waals surface area contributed by atoms with E-state index in [1.807, 2.05) is 12.2 Å². The molecule has 4 nitrogen and oxygen atoms in total. The predicted molar refractivity (Wildman–Crippen MR) is 61.8 cm³/mol. The summed E-state index contributed by atoms with van der Waals surface area (Å²) < 4.78 is 0. The number of amides is 1. The molecule has 0 saturated heterocycles. The number of nitrogens with one attached hydrogen (secondary N) is 1. The molecular formula is C13H15NO3. The van der Waals surface area contributed by atoms with Crippen molar-refractivity contribution >= 4 is 11.9 Å². The number of carbonyl (C=O) groups is 2. The lowest BCUT2D eigenvalue weighted by atomic mass is 9.82. The van der Waals surface area contributed by atoms with E-state index in [0.29, 0.717) is 6.54 Å². The molecule has 90 valence electrons. The Balaban J connectivity index is 2.07. The third-order valence-corrected chi connectivity index (χ3v) is 3.57. The van der Waals surface area contributed by atoms with E-state index in [1.165, 1.54) is 0 Å². The molecule has 2 aliphatic rings. The zero-order valence-electron chi connectivity index (χ0n) is 9.64. The van der Waals surface area contributed by atoms with Gasteiger partial charge in [0, 0.05) is 0 Å². The van der Waals surface area contributed by atoms with Crippen LogP contribution < -0.4 is 5.32 Å². The van der Waals surface area contributed by atoms with Crippen LogP contribution in [-0.4, -0.2) is 23.5 Å². The number of allylic oxidation sites excluding steroid dienone is 2. The molecule has 2 N–H and O–H groups in total. The molecule has 4 atom stereocenters. The summed E-state index contributed by atoms with van der Waals surface area (Å²) in [6.07, 6.45) is 4.69. The van der Waals surface area contributed by atoms with Crippen LogP contribution in [0.25, 0.3) is 0 Å². The van der Waals surface area contributed by atoms with Crippen LogP contribution in [0.15, 0.2) is 12.2 Å². The monoisotopic (exact) mass is 233 g/mol. The molecule has 2 unspecified atom stereocenters. The van der Waals surface area contributed by atoms with E-state index in [-0.39, 0.29) is 17.7 Å². The van der Waals surface area contributed by atoms with Gasteiger partial charge in [-0.15, -0.1) is 5.92 Å². The molecular weight excluding hydrogens is 218 g/mol. The van der Waals surface area contributed by atoms with Gasteiger partial charge in [-0.25, -0.2) is 0 Å². The van der Waals surface area contributed by atoms with Crippen LogP contribution in [-0.2, 0) is 9.59 Å². The maximum Gasteiger partial charge on any atom is 0.307 e. The zero-order chi connectivity index (χ0) is 12.4. The van der Waals surface area contributed by atoms with Crippen molar-refractivity contribution in [1.29, 1.82) is 0 Å². The van der Waals surface area contributed by atoms with E-state index in [0.717, 1.165) is 6.42 Å². The van der Waals surface area contributed by atoms with E-state index < -0.39 is 17.8 Å². The molecule has 1 amide bonds. The van der Waals surface area contributed by atoms with Gasteiger partial charge in [0.1, 0.15) is 0 Å². The Morgan fingerprint density at radius 1 is 1.35 bits per heavy atom. The van der Waals surface area contributed by atoms with Crippen molar-refractivity contribution in [3.05, 3.63) is 12.2 Å². The smallest absolute Gasteiger partial charge is 0.307 e. The van der Waals surface area contributed by atoms with Gasteiger partial charge < -0.3 is 10.4 Å². The van der Waals surface area contributed by atoms with Gasteiger partial charge >= 0.3 is 5.97 Å². The number of hydrogen-bond acceptors (Lipinski definition) is 2. The topological polar surface area (TPSA) is 66.4 Å². The first-order valence-electron chi connectivity index (χ1n) is 5.73. The van der Waals surface area contributed by atoms with Crippen LogP contribution in [0.5, 0.6) is 0 Å². The van der Waals surface area contributed by atoms with Gasteiger partial charge in [-0.3, -0.25) is 9.59 Å². The number of carboxylic acid groups (broad SMARTS) is 1. The zero-order valence-corrected chi connectivity index (χ0v) is 9.64. The molecule has 17 heavy (non-hydrogen) atoms. The van der Waals surface area contributed by atoms with Crippen LogP contribution in [0.2, 0.25) is 0 Å². The fourth-order valence-corrected chi connectivity index (χ4v) is 2.85. The minimum atomic E-state index is -0.872. The lowest BCUT2D eigenvalue weighted by molar-refractivity contribution is -0.147. The summed E-state index contributed by atoms with van der Waals surface area (Å²) in [5.74, 6) is 3.47. The van der Waals surface area contributed by atoms with Gasteiger partial charge in [-0.1, -0.05) is 18.1 Å². The maximum absolute atomic E-state index is 11.9. The first-order chi connectivity index (χ1) is 8.15. The lowest BCUT2D eigenvalue weighted by Gasteiger charge is -2.23. The van der Waals surface area contributed by atoms with E-state index in [1.54, 1.807) is 6.92 Å². The van der Waals surface area contributed by atoms with E-state index in [2.05, 4.69) is 17.2 Å². The highest BCUT2D eigenvalue weighted by atomic mass is 16.4. The number of hydrogen-bond donors (Lipinski definition) is 2. The second-order valence-electron chi connectivity index (χ2n) is 4.48. The SMILES string of the molecule is CC#CCNC(=O)[C@H]1C2C=CC(C2)[C@H]1C(=O)O. The third kappa shape index (κ3) is 2.05. The average molecular weight is 233 g/mol. The third-order valence-electron chi connectivity index (χ3n) is 3.57. The van der Waals surface area contributed by atoms with Crippen molar-refractivity contribution < 1.29 is 14.7 Å². The minimum absolute atomic E-state index is 0.0190. The van der Waals surface area contributed by atoms with Gasteiger partial charge in [0.25, 0.3) is 0 Å². The molecule has 2 rings (SSSR count). The Hall–Kier alpha value is -1.76. The van der Waals surface area contributed by atoms with Gasteiger partial charge in [0.15, 0.2) is 0 Å². The van der Waals surface area contributed by atoms with Crippen molar-refractivity contribution in [2.24, 2.45) is 23.7 Å². The molecule has 0 aromatic carbocycles. The minimum Gasteiger partial charge on any atom is -0.481 e. The van der Waals surface area contributed by atoms with E-state index in [4.69, 9.17) is 0 Å². The summed E-state index contributed by atoms with van der Waals surface area (Å²) in [7, 11) is 0. The molecule has 0 spiro atoms. The number of carbonyl (C=O) groups excluding carboxylic acids is 1. The molecule has 0 aromatic heterocycles. The Morgan fingerprint density at radius 3 is 2.59 bits per heavy atom. The Morgan fingerprint density at radius 2 is 2.00 bits per heavy atom. The van der Waals surface area contributed by atoms with Crippen LogP contribution >= 0.6 is 0 Å². The Bertz CT molecular complexity index is 430. The van der Waals surface area contributed by atoms with Crippen molar-refractivity contribution in [3.63, 3.8) is 0 Å². The largest absolute Gasteiger partial charge is 0.481 e. The van der Waals surface area contributed by atoms with Crippen molar-refractivity contribution in [2.45, 2.75) is 13.3 Å². The molecule has 1 fully saturated rings. The predicted octanol–water partition coefficient (Wildman–Crippen LogP) is 0.649. The number of rotatable bonds is 3. The number of carboxylic acids is 1. The summed E-state index contributed by atoms with van der Waals surface area (Å²) in [5.41, 5.74) is 0. The summed E-state index contributed by atoms with van der Waals surface area (Å²) in [6.45, 7) is 1.99. The Kier molecular flexibility index (Phi) is 3.19. The maximum atomic E-state index is 11.9. The van der Waals surface area contributed by atoms with Gasteiger partial charge in [-0.05, 0) is 25.2 Å². The van der Waals surface area contributed by atoms with Gasteiger partial charge in [0.05, 0.1) is 18.4 Å². The first kappa shape index (κ1) is 11.7. The van der Waals surface area contributed by atoms with Crippen molar-refractivity contribution in [2.75, 3.05) is 6.54 Å². The molecule has 0 aromatic rings. The average Bonchev–Trinajstić information content (AvgIpc) is 2.88. The fraction of sp³-hybridized carbons (Fsp3) is 0.538. The first-order valence-corrected chi connectivity index (χ1v) is 5.73. The van der Waals surface area contributed by atoms with Crippen LogP contribution in [0.3, 0.4) is 0 Å². The number of aliphatic carboxylic acids is 1. The molecule has 0 radical (unpaired) electrons. The van der Waals surface area contributed by atoms with E-state index >= 15 is 0 Å². The molecule has 1 saturated carbocycles. The van der Waals surface area contributed by atoms with Gasteiger partial charge in [-0.2, -0.15) is 0 Å². The van der Waals surface area contributed by atoms with Crippen LogP contribution in [0, 0.1) is 35.5 Å². The highest BCUT2D eigenvalue weighted by molar-refractivity contribution is 5.87. The Labute approximate surface area is 100 Å². The highest BCUT2D eigenvalue weighted by Crippen LogP contribution is 2.48. The summed E-state index contributed by atoms with van der Waals surface area (Å²) in [4.78, 5) is 23.1. The second-order valence-corrected chi connectivity index (χ2v) is 4.48. The van der Waals surface area contributed by atoms with Crippen molar-refractivity contribution in [1.82, 2.24) is 5.32 Å². The lowest BCUT2D eigenvalue weighted by Crippen LogP contribution is -2.40. The fourth-order valence-electron chi connectivity index (χ4n) is 2.85. The van der Waals surface area contributed by atoms with Crippen molar-refractivity contribution in [3.8, 4) is 11.8 Å². The molecule has 2 aliphatic carbocycles.